The van der Waals surface area contributed by atoms with Gasteiger partial charge in [0.2, 0.25) is 5.91 Å². The Hall–Kier alpha value is -0.980. The number of hydrogen-bond donors (Lipinski definition) is 2. The molecule has 2 rings (SSSR count). The Balaban J connectivity index is 0.00000288. The van der Waals surface area contributed by atoms with E-state index in [0.717, 1.165) is 0 Å². The van der Waals surface area contributed by atoms with Gasteiger partial charge in [0.05, 0.1) is 11.2 Å². The van der Waals surface area contributed by atoms with E-state index in [4.69, 9.17) is 33.4 Å². The van der Waals surface area contributed by atoms with E-state index < -0.39 is 5.54 Å². The Kier molecular flexibility index (Phi) is 9.84. The first-order chi connectivity index (χ1) is 10.7. The molecule has 25 heavy (non-hydrogen) atoms. The van der Waals surface area contributed by atoms with Gasteiger partial charge in [0.1, 0.15) is 0 Å². The van der Waals surface area contributed by atoms with Crippen molar-refractivity contribution >= 4 is 53.9 Å². The Morgan fingerprint density at radius 2 is 2.00 bits per heavy atom. The SMILES string of the molecule is CC(C)(N)CNC(=O)CCc1ncc(-c2ccc(Cl)cc2Cl)o1.Cl.Cl. The number of oxazole rings is 1. The van der Waals surface area contributed by atoms with Crippen molar-refractivity contribution in [3.63, 3.8) is 0 Å². The van der Waals surface area contributed by atoms with E-state index in [1.807, 2.05) is 13.8 Å². The smallest absolute Gasteiger partial charge is 0.220 e. The van der Waals surface area contributed by atoms with Crippen LogP contribution in [0.1, 0.15) is 26.2 Å². The number of aromatic nitrogens is 1. The minimum atomic E-state index is -0.433. The van der Waals surface area contributed by atoms with Crippen molar-refractivity contribution in [3.05, 3.63) is 40.3 Å². The lowest BCUT2D eigenvalue weighted by Gasteiger charge is -2.18. The van der Waals surface area contributed by atoms with E-state index in [2.05, 4.69) is 10.3 Å². The van der Waals surface area contributed by atoms with E-state index in [9.17, 15) is 4.79 Å². The predicted octanol–water partition coefficient (Wildman–Crippen LogP) is 4.28. The van der Waals surface area contributed by atoms with Crippen molar-refractivity contribution < 1.29 is 9.21 Å². The summed E-state index contributed by atoms with van der Waals surface area (Å²) in [6.07, 6.45) is 2.28. The van der Waals surface area contributed by atoms with E-state index in [0.29, 0.717) is 40.2 Å². The van der Waals surface area contributed by atoms with Crippen LogP contribution in [-0.4, -0.2) is 23.0 Å². The lowest BCUT2D eigenvalue weighted by molar-refractivity contribution is -0.121. The second-order valence-electron chi connectivity index (χ2n) is 6.01. The molecular weight excluding hydrogens is 408 g/mol. The molecule has 0 aliphatic carbocycles. The molecule has 5 nitrogen and oxygen atoms in total. The maximum absolute atomic E-state index is 11.8. The first kappa shape index (κ1) is 24.0. The molecule has 0 bridgehead atoms. The zero-order chi connectivity index (χ0) is 17.0. The molecule has 0 atom stereocenters. The second kappa shape index (κ2) is 10.2. The quantitative estimate of drug-likeness (QED) is 0.719. The highest BCUT2D eigenvalue weighted by Crippen LogP contribution is 2.30. The fourth-order valence-electron chi connectivity index (χ4n) is 1.87. The number of hydrogen-bond acceptors (Lipinski definition) is 4. The van der Waals surface area contributed by atoms with Gasteiger partial charge in [-0.25, -0.2) is 4.98 Å². The second-order valence-corrected chi connectivity index (χ2v) is 6.85. The summed E-state index contributed by atoms with van der Waals surface area (Å²) in [5, 5.41) is 3.82. The van der Waals surface area contributed by atoms with Gasteiger partial charge in [-0.3, -0.25) is 4.79 Å². The number of halogens is 4. The number of benzene rings is 1. The molecule has 3 N–H and O–H groups in total. The summed E-state index contributed by atoms with van der Waals surface area (Å²) in [4.78, 5) is 15.9. The molecule has 0 aliphatic heterocycles. The number of rotatable bonds is 6. The van der Waals surface area contributed by atoms with Crippen LogP contribution in [0.5, 0.6) is 0 Å². The van der Waals surface area contributed by atoms with Crippen LogP contribution < -0.4 is 11.1 Å². The molecule has 0 saturated carbocycles. The average Bonchev–Trinajstić information content (AvgIpc) is 2.91. The number of nitrogens with two attached hydrogens (primary N) is 1. The number of aryl methyl sites for hydroxylation is 1. The lowest BCUT2D eigenvalue weighted by Crippen LogP contribution is -2.45. The zero-order valence-electron chi connectivity index (χ0n) is 13.8. The van der Waals surface area contributed by atoms with Gasteiger partial charge in [-0.2, -0.15) is 0 Å². The summed E-state index contributed by atoms with van der Waals surface area (Å²) in [5.41, 5.74) is 6.09. The molecule has 1 aromatic heterocycles. The summed E-state index contributed by atoms with van der Waals surface area (Å²) >= 11 is 12.0. The molecular formula is C16H21Cl4N3O2. The number of nitrogens with one attached hydrogen (secondary N) is 1. The first-order valence-electron chi connectivity index (χ1n) is 7.20. The summed E-state index contributed by atoms with van der Waals surface area (Å²) in [6.45, 7) is 4.12. The third-order valence-corrected chi connectivity index (χ3v) is 3.61. The maximum atomic E-state index is 11.8. The van der Waals surface area contributed by atoms with Gasteiger partial charge in [-0.05, 0) is 32.0 Å². The van der Waals surface area contributed by atoms with E-state index in [1.54, 1.807) is 24.4 Å². The molecule has 0 aliphatic rings. The minimum Gasteiger partial charge on any atom is -0.441 e. The van der Waals surface area contributed by atoms with Crippen molar-refractivity contribution in [1.82, 2.24) is 10.3 Å². The average molecular weight is 429 g/mol. The van der Waals surface area contributed by atoms with Crippen LogP contribution in [-0.2, 0) is 11.2 Å². The standard InChI is InChI=1S/C16H19Cl2N3O2.2ClH/c1-16(2,19)9-21-14(22)5-6-15-20-8-13(23-15)11-4-3-10(17)7-12(11)18;;/h3-4,7-8H,5-6,9,19H2,1-2H3,(H,21,22);2*1H. The van der Waals surface area contributed by atoms with Crippen LogP contribution in [0.4, 0.5) is 0 Å². The Labute approximate surface area is 169 Å². The highest BCUT2D eigenvalue weighted by Gasteiger charge is 2.14. The zero-order valence-corrected chi connectivity index (χ0v) is 17.0. The summed E-state index contributed by atoms with van der Waals surface area (Å²) < 4.78 is 5.64. The summed E-state index contributed by atoms with van der Waals surface area (Å²) in [5.74, 6) is 0.936. The normalized spacial score (nSPS) is 10.6. The fourth-order valence-corrected chi connectivity index (χ4v) is 2.38. The third kappa shape index (κ3) is 7.84. The molecule has 9 heteroatoms. The van der Waals surface area contributed by atoms with Crippen LogP contribution in [0, 0.1) is 0 Å². The number of carbonyl (C=O) groups excluding carboxylic acids is 1. The van der Waals surface area contributed by atoms with Crippen molar-refractivity contribution in [2.75, 3.05) is 6.54 Å². The highest BCUT2D eigenvalue weighted by molar-refractivity contribution is 6.36. The lowest BCUT2D eigenvalue weighted by atomic mass is 10.1. The molecule has 0 unspecified atom stereocenters. The summed E-state index contributed by atoms with van der Waals surface area (Å²) in [7, 11) is 0. The van der Waals surface area contributed by atoms with Crippen molar-refractivity contribution in [2.45, 2.75) is 32.2 Å². The molecule has 0 saturated heterocycles. The van der Waals surface area contributed by atoms with Gasteiger partial charge in [-0.1, -0.05) is 23.2 Å². The monoisotopic (exact) mass is 427 g/mol. The van der Waals surface area contributed by atoms with Crippen molar-refractivity contribution in [3.8, 4) is 11.3 Å². The minimum absolute atomic E-state index is 0. The van der Waals surface area contributed by atoms with Gasteiger partial charge in [0.15, 0.2) is 11.7 Å². The fraction of sp³-hybridized carbons (Fsp3) is 0.375. The molecule has 1 aromatic carbocycles. The van der Waals surface area contributed by atoms with Gasteiger partial charge >= 0.3 is 0 Å². The van der Waals surface area contributed by atoms with Crippen LogP contribution >= 0.6 is 48.0 Å². The number of amides is 1. The van der Waals surface area contributed by atoms with E-state index in [-0.39, 0.29) is 37.1 Å². The molecule has 0 radical (unpaired) electrons. The first-order valence-corrected chi connectivity index (χ1v) is 7.96. The van der Waals surface area contributed by atoms with Crippen LogP contribution in [0.25, 0.3) is 11.3 Å². The van der Waals surface area contributed by atoms with Crippen molar-refractivity contribution in [2.24, 2.45) is 5.73 Å². The molecule has 2 aromatic rings. The third-order valence-electron chi connectivity index (χ3n) is 3.06. The van der Waals surface area contributed by atoms with Gasteiger partial charge < -0.3 is 15.5 Å². The molecule has 1 amide bonds. The molecule has 0 spiro atoms. The van der Waals surface area contributed by atoms with E-state index >= 15 is 0 Å². The highest BCUT2D eigenvalue weighted by atomic mass is 35.5. The van der Waals surface area contributed by atoms with Gasteiger partial charge in [-0.15, -0.1) is 24.8 Å². The largest absolute Gasteiger partial charge is 0.441 e. The molecule has 0 fully saturated rings. The predicted molar refractivity (Wildman–Crippen MR) is 106 cm³/mol. The van der Waals surface area contributed by atoms with Crippen LogP contribution in [0.2, 0.25) is 10.0 Å². The molecule has 1 heterocycles. The topological polar surface area (TPSA) is 81.1 Å². The van der Waals surface area contributed by atoms with E-state index in [1.165, 1.54) is 0 Å². The van der Waals surface area contributed by atoms with Crippen molar-refractivity contribution in [1.29, 1.82) is 0 Å². The molecule has 140 valence electrons. The number of nitrogens with zero attached hydrogens (tertiary/aromatic N) is 1. The van der Waals surface area contributed by atoms with Crippen LogP contribution in [0.3, 0.4) is 0 Å². The summed E-state index contributed by atoms with van der Waals surface area (Å²) in [6, 6.07) is 5.14. The van der Waals surface area contributed by atoms with Gasteiger partial charge in [0.25, 0.3) is 0 Å². The van der Waals surface area contributed by atoms with Crippen LogP contribution in [0.15, 0.2) is 28.8 Å². The maximum Gasteiger partial charge on any atom is 0.220 e. The Morgan fingerprint density at radius 3 is 2.60 bits per heavy atom. The van der Waals surface area contributed by atoms with Gasteiger partial charge in [0, 0.05) is 35.5 Å². The Morgan fingerprint density at radius 1 is 1.32 bits per heavy atom. The number of carbonyl (C=O) groups is 1. The Bertz CT molecular complexity index is 699.